The van der Waals surface area contributed by atoms with Gasteiger partial charge in [0.15, 0.2) is 11.6 Å². The SMILES string of the molecule is CCC1(CC)CCN(c2nccc(CN)c2F)CC1. The molecule has 0 aromatic carbocycles. The Morgan fingerprint density at radius 3 is 2.47 bits per heavy atom. The van der Waals surface area contributed by atoms with Gasteiger partial charge in [-0.2, -0.15) is 0 Å². The van der Waals surface area contributed by atoms with E-state index in [0.29, 0.717) is 16.8 Å². The Morgan fingerprint density at radius 1 is 1.32 bits per heavy atom. The van der Waals surface area contributed by atoms with Crippen LogP contribution in [0.3, 0.4) is 0 Å². The Labute approximate surface area is 115 Å². The Morgan fingerprint density at radius 2 is 1.95 bits per heavy atom. The van der Waals surface area contributed by atoms with Gasteiger partial charge >= 0.3 is 0 Å². The first-order valence-electron chi connectivity index (χ1n) is 7.24. The molecule has 1 aliphatic heterocycles. The summed E-state index contributed by atoms with van der Waals surface area (Å²) < 4.78 is 14.2. The third kappa shape index (κ3) is 2.73. The summed E-state index contributed by atoms with van der Waals surface area (Å²) in [5, 5.41) is 0. The topological polar surface area (TPSA) is 42.2 Å². The minimum absolute atomic E-state index is 0.225. The third-order valence-electron chi connectivity index (χ3n) is 4.79. The highest BCUT2D eigenvalue weighted by Gasteiger charge is 2.32. The van der Waals surface area contributed by atoms with Gasteiger partial charge in [-0.25, -0.2) is 9.37 Å². The van der Waals surface area contributed by atoms with Crippen molar-refractivity contribution in [2.45, 2.75) is 46.1 Å². The molecular weight excluding hydrogens is 241 g/mol. The summed E-state index contributed by atoms with van der Waals surface area (Å²) in [5.41, 5.74) is 6.54. The van der Waals surface area contributed by atoms with Gasteiger partial charge in [-0.05, 0) is 24.3 Å². The second-order valence-corrected chi connectivity index (χ2v) is 5.51. The lowest BCUT2D eigenvalue weighted by Gasteiger charge is -2.41. The Hall–Kier alpha value is -1.16. The highest BCUT2D eigenvalue weighted by atomic mass is 19.1. The number of anilines is 1. The highest BCUT2D eigenvalue weighted by Crippen LogP contribution is 2.39. The summed E-state index contributed by atoms with van der Waals surface area (Å²) in [7, 11) is 0. The Balaban J connectivity index is 2.14. The van der Waals surface area contributed by atoms with Crippen molar-refractivity contribution in [2.24, 2.45) is 11.1 Å². The highest BCUT2D eigenvalue weighted by molar-refractivity contribution is 5.43. The molecule has 1 aromatic rings. The van der Waals surface area contributed by atoms with Crippen LogP contribution in [-0.2, 0) is 6.54 Å². The molecule has 0 bridgehead atoms. The monoisotopic (exact) mass is 265 g/mol. The largest absolute Gasteiger partial charge is 0.354 e. The molecule has 0 aliphatic carbocycles. The Bertz CT molecular complexity index is 419. The number of halogens is 1. The fourth-order valence-electron chi connectivity index (χ4n) is 3.00. The van der Waals surface area contributed by atoms with Gasteiger partial charge in [-0.3, -0.25) is 0 Å². The maximum atomic E-state index is 14.2. The fourth-order valence-corrected chi connectivity index (χ4v) is 3.00. The first-order chi connectivity index (χ1) is 9.15. The van der Waals surface area contributed by atoms with E-state index < -0.39 is 0 Å². The van der Waals surface area contributed by atoms with Crippen LogP contribution in [0.4, 0.5) is 10.2 Å². The second kappa shape index (κ2) is 5.87. The van der Waals surface area contributed by atoms with Crippen LogP contribution in [0.1, 0.15) is 45.1 Å². The quantitative estimate of drug-likeness (QED) is 0.909. The van der Waals surface area contributed by atoms with E-state index in [1.165, 1.54) is 12.8 Å². The normalized spacial score (nSPS) is 18.6. The zero-order chi connectivity index (χ0) is 13.9. The molecule has 0 amide bonds. The molecule has 2 N–H and O–H groups in total. The van der Waals surface area contributed by atoms with Gasteiger partial charge in [0.1, 0.15) is 0 Å². The van der Waals surface area contributed by atoms with Crippen LogP contribution in [0.15, 0.2) is 12.3 Å². The predicted molar refractivity (Wildman–Crippen MR) is 76.5 cm³/mol. The number of aromatic nitrogens is 1. The minimum atomic E-state index is -0.245. The lowest BCUT2D eigenvalue weighted by atomic mass is 9.74. The van der Waals surface area contributed by atoms with Gasteiger partial charge in [0.25, 0.3) is 0 Å². The van der Waals surface area contributed by atoms with Crippen molar-refractivity contribution in [1.29, 1.82) is 0 Å². The lowest BCUT2D eigenvalue weighted by molar-refractivity contribution is 0.198. The van der Waals surface area contributed by atoms with E-state index in [1.54, 1.807) is 12.3 Å². The van der Waals surface area contributed by atoms with Gasteiger partial charge in [-0.15, -0.1) is 0 Å². The zero-order valence-electron chi connectivity index (χ0n) is 12.0. The van der Waals surface area contributed by atoms with Crippen molar-refractivity contribution >= 4 is 5.82 Å². The number of nitrogens with zero attached hydrogens (tertiary/aromatic N) is 2. The molecule has 0 atom stereocenters. The number of rotatable bonds is 4. The summed E-state index contributed by atoms with van der Waals surface area (Å²) in [5.74, 6) is 0.231. The molecule has 0 radical (unpaired) electrons. The standard InChI is InChI=1S/C15H24FN3/c1-3-15(4-2)6-9-19(10-7-15)14-13(16)12(11-17)5-8-18-14/h5,8H,3-4,6-7,9-11,17H2,1-2H3. The summed E-state index contributed by atoms with van der Waals surface area (Å²) >= 11 is 0. The van der Waals surface area contributed by atoms with Crippen molar-refractivity contribution < 1.29 is 4.39 Å². The average Bonchev–Trinajstić information content (AvgIpc) is 2.48. The number of nitrogens with two attached hydrogens (primary N) is 1. The van der Waals surface area contributed by atoms with E-state index in [2.05, 4.69) is 23.7 Å². The lowest BCUT2D eigenvalue weighted by Crippen LogP contribution is -2.40. The molecule has 1 aliphatic rings. The molecule has 4 heteroatoms. The van der Waals surface area contributed by atoms with E-state index in [1.807, 2.05) is 0 Å². The molecule has 2 heterocycles. The van der Waals surface area contributed by atoms with E-state index in [4.69, 9.17) is 5.73 Å². The van der Waals surface area contributed by atoms with Crippen LogP contribution in [0.2, 0.25) is 0 Å². The maximum absolute atomic E-state index is 14.2. The third-order valence-corrected chi connectivity index (χ3v) is 4.79. The van der Waals surface area contributed by atoms with Gasteiger partial charge in [-0.1, -0.05) is 26.7 Å². The number of piperidine rings is 1. The van der Waals surface area contributed by atoms with Crippen LogP contribution in [0.25, 0.3) is 0 Å². The number of hydrogen-bond acceptors (Lipinski definition) is 3. The number of hydrogen-bond donors (Lipinski definition) is 1. The minimum Gasteiger partial charge on any atom is -0.354 e. The molecule has 0 unspecified atom stereocenters. The second-order valence-electron chi connectivity index (χ2n) is 5.51. The smallest absolute Gasteiger partial charge is 0.170 e. The molecule has 1 aromatic heterocycles. The van der Waals surface area contributed by atoms with Crippen molar-refractivity contribution in [3.63, 3.8) is 0 Å². The first-order valence-corrected chi connectivity index (χ1v) is 7.24. The van der Waals surface area contributed by atoms with Crippen LogP contribution in [0.5, 0.6) is 0 Å². The molecular formula is C15H24FN3. The molecule has 1 fully saturated rings. The summed E-state index contributed by atoms with van der Waals surface area (Å²) in [6.07, 6.45) is 6.30. The van der Waals surface area contributed by atoms with Crippen molar-refractivity contribution in [1.82, 2.24) is 4.98 Å². The first kappa shape index (κ1) is 14.3. The van der Waals surface area contributed by atoms with Gasteiger partial charge in [0.2, 0.25) is 0 Å². The molecule has 19 heavy (non-hydrogen) atoms. The van der Waals surface area contributed by atoms with Crippen LogP contribution in [-0.4, -0.2) is 18.1 Å². The van der Waals surface area contributed by atoms with Crippen LogP contribution in [0, 0.1) is 11.2 Å². The summed E-state index contributed by atoms with van der Waals surface area (Å²) in [6.45, 7) is 6.52. The molecule has 2 rings (SSSR count). The summed E-state index contributed by atoms with van der Waals surface area (Å²) in [4.78, 5) is 6.27. The molecule has 0 saturated carbocycles. The summed E-state index contributed by atoms with van der Waals surface area (Å²) in [6, 6.07) is 1.66. The molecule has 3 nitrogen and oxygen atoms in total. The maximum Gasteiger partial charge on any atom is 0.170 e. The van der Waals surface area contributed by atoms with E-state index >= 15 is 0 Å². The van der Waals surface area contributed by atoms with E-state index in [0.717, 1.165) is 25.9 Å². The molecule has 1 saturated heterocycles. The van der Waals surface area contributed by atoms with Crippen molar-refractivity contribution in [3.8, 4) is 0 Å². The van der Waals surface area contributed by atoms with Crippen LogP contribution < -0.4 is 10.6 Å². The van der Waals surface area contributed by atoms with Gasteiger partial charge < -0.3 is 10.6 Å². The zero-order valence-corrected chi connectivity index (χ0v) is 12.0. The van der Waals surface area contributed by atoms with Gasteiger partial charge in [0.05, 0.1) is 0 Å². The van der Waals surface area contributed by atoms with Crippen molar-refractivity contribution in [3.05, 3.63) is 23.6 Å². The van der Waals surface area contributed by atoms with E-state index in [9.17, 15) is 4.39 Å². The van der Waals surface area contributed by atoms with Gasteiger partial charge in [0, 0.05) is 31.4 Å². The average molecular weight is 265 g/mol. The predicted octanol–water partition coefficient (Wildman–Crippen LogP) is 3.09. The molecule has 106 valence electrons. The van der Waals surface area contributed by atoms with Crippen LogP contribution >= 0.6 is 0 Å². The van der Waals surface area contributed by atoms with E-state index in [-0.39, 0.29) is 12.4 Å². The fraction of sp³-hybridized carbons (Fsp3) is 0.667. The molecule has 0 spiro atoms. The Kier molecular flexibility index (Phi) is 4.40. The van der Waals surface area contributed by atoms with Crippen molar-refractivity contribution in [2.75, 3.05) is 18.0 Å². The number of pyridine rings is 1.